The maximum atomic E-state index is 4.99. The average Bonchev–Trinajstić information content (AvgIpc) is 2.72. The molecule has 0 spiro atoms. The van der Waals surface area contributed by atoms with Gasteiger partial charge in [0.05, 0.1) is 11.4 Å². The molecule has 1 fully saturated rings. The van der Waals surface area contributed by atoms with Gasteiger partial charge in [-0.15, -0.1) is 0 Å². The molecule has 0 unspecified atom stereocenters. The van der Waals surface area contributed by atoms with E-state index in [0.717, 1.165) is 59.1 Å². The smallest absolute Gasteiger partial charge is 0.138 e. The maximum Gasteiger partial charge on any atom is 0.138 e. The van der Waals surface area contributed by atoms with E-state index in [1.165, 1.54) is 0 Å². The summed E-state index contributed by atoms with van der Waals surface area (Å²) in [6.07, 6.45) is 0. The quantitative estimate of drug-likeness (QED) is 0.758. The van der Waals surface area contributed by atoms with Gasteiger partial charge in [-0.2, -0.15) is 0 Å². The lowest BCUT2D eigenvalue weighted by Crippen LogP contribution is -2.46. The fourth-order valence-electron chi connectivity index (χ4n) is 2.93. The number of nitrogens with zero attached hydrogens (tertiary/aromatic N) is 2. The third-order valence-corrected chi connectivity index (χ3v) is 4.53. The Kier molecular flexibility index (Phi) is 3.60. The van der Waals surface area contributed by atoms with Gasteiger partial charge in [-0.3, -0.25) is 0 Å². The average molecular weight is 357 g/mol. The molecule has 0 aromatic heterocycles. The first kappa shape index (κ1) is 13.8. The molecular weight excluding hydrogens is 340 g/mol. The number of piperazine rings is 1. The van der Waals surface area contributed by atoms with Crippen LogP contribution in [0.4, 0.5) is 17.1 Å². The summed E-state index contributed by atoms with van der Waals surface area (Å²) >= 11 is 3.55. The first-order valence-electron chi connectivity index (χ1n) is 7.51. The molecule has 112 valence electrons. The normalized spacial score (nSPS) is 17.0. The van der Waals surface area contributed by atoms with E-state index in [2.05, 4.69) is 67.9 Å². The molecule has 0 bridgehead atoms. The molecule has 5 heteroatoms. The Bertz CT molecular complexity index is 735. The number of hydrogen-bond donors (Lipinski definition) is 2. The Labute approximate surface area is 138 Å². The molecule has 0 amide bonds. The van der Waals surface area contributed by atoms with Crippen molar-refractivity contribution < 1.29 is 0 Å². The monoisotopic (exact) mass is 356 g/mol. The van der Waals surface area contributed by atoms with Crippen LogP contribution in [0.2, 0.25) is 0 Å². The zero-order valence-corrected chi connectivity index (χ0v) is 13.7. The second kappa shape index (κ2) is 5.74. The number of benzene rings is 2. The van der Waals surface area contributed by atoms with Crippen molar-refractivity contribution in [2.24, 2.45) is 4.99 Å². The first-order chi connectivity index (χ1) is 10.8. The lowest BCUT2D eigenvalue weighted by molar-refractivity contribution is 0.358. The molecule has 22 heavy (non-hydrogen) atoms. The van der Waals surface area contributed by atoms with E-state index >= 15 is 0 Å². The van der Waals surface area contributed by atoms with Gasteiger partial charge in [0.2, 0.25) is 0 Å². The van der Waals surface area contributed by atoms with Gasteiger partial charge >= 0.3 is 0 Å². The second-order valence-electron chi connectivity index (χ2n) is 5.50. The molecule has 2 N–H and O–H groups in total. The summed E-state index contributed by atoms with van der Waals surface area (Å²) in [6, 6.07) is 14.6. The van der Waals surface area contributed by atoms with Gasteiger partial charge in [0.15, 0.2) is 0 Å². The molecule has 2 aromatic carbocycles. The highest BCUT2D eigenvalue weighted by atomic mass is 79.9. The SMILES string of the molecule is Brc1ccc2c(c1)N=C(N1CCNCC1)c1ccccc1N2. The van der Waals surface area contributed by atoms with Crippen LogP contribution < -0.4 is 10.6 Å². The van der Waals surface area contributed by atoms with Crippen molar-refractivity contribution in [3.05, 3.63) is 52.5 Å². The Hall–Kier alpha value is -1.85. The number of halogens is 1. The Morgan fingerprint density at radius 2 is 1.82 bits per heavy atom. The van der Waals surface area contributed by atoms with Crippen molar-refractivity contribution >= 4 is 38.8 Å². The van der Waals surface area contributed by atoms with Crippen LogP contribution in [0.25, 0.3) is 0 Å². The van der Waals surface area contributed by atoms with Gasteiger partial charge in [-0.05, 0) is 30.3 Å². The number of fused-ring (bicyclic) bond motifs is 2. The largest absolute Gasteiger partial charge is 0.353 e. The van der Waals surface area contributed by atoms with Crippen LogP contribution in [0.1, 0.15) is 5.56 Å². The first-order valence-corrected chi connectivity index (χ1v) is 8.31. The highest BCUT2D eigenvalue weighted by Crippen LogP contribution is 2.36. The predicted molar refractivity (Wildman–Crippen MR) is 94.5 cm³/mol. The number of amidine groups is 1. The molecule has 0 atom stereocenters. The van der Waals surface area contributed by atoms with Gasteiger partial charge in [0.1, 0.15) is 5.84 Å². The molecule has 2 aliphatic rings. The van der Waals surface area contributed by atoms with E-state index in [1.807, 2.05) is 6.07 Å². The standard InChI is InChI=1S/C17H17BrN4/c18-12-5-6-15-16(11-12)21-17(22-9-7-19-8-10-22)13-3-1-2-4-14(13)20-15/h1-6,11,19-20H,7-10H2. The van der Waals surface area contributed by atoms with Crippen LogP contribution in [-0.4, -0.2) is 36.9 Å². The van der Waals surface area contributed by atoms with E-state index in [0.29, 0.717) is 0 Å². The fourth-order valence-corrected chi connectivity index (χ4v) is 3.28. The summed E-state index contributed by atoms with van der Waals surface area (Å²) < 4.78 is 1.04. The molecule has 4 nitrogen and oxygen atoms in total. The highest BCUT2D eigenvalue weighted by molar-refractivity contribution is 9.10. The zero-order chi connectivity index (χ0) is 14.9. The summed E-state index contributed by atoms with van der Waals surface area (Å²) in [6.45, 7) is 3.97. The Morgan fingerprint density at radius 1 is 1.00 bits per heavy atom. The number of nitrogens with one attached hydrogen (secondary N) is 2. The van der Waals surface area contributed by atoms with Gasteiger partial charge < -0.3 is 15.5 Å². The van der Waals surface area contributed by atoms with Crippen LogP contribution in [0.15, 0.2) is 51.9 Å². The van der Waals surface area contributed by atoms with Gasteiger partial charge in [0.25, 0.3) is 0 Å². The van der Waals surface area contributed by atoms with Crippen molar-refractivity contribution in [3.63, 3.8) is 0 Å². The number of para-hydroxylation sites is 1. The van der Waals surface area contributed by atoms with E-state index in [4.69, 9.17) is 4.99 Å². The van der Waals surface area contributed by atoms with Crippen LogP contribution in [0.5, 0.6) is 0 Å². The topological polar surface area (TPSA) is 39.7 Å². The summed E-state index contributed by atoms with van der Waals surface area (Å²) in [5.41, 5.74) is 4.29. The lowest BCUT2D eigenvalue weighted by Gasteiger charge is -2.30. The zero-order valence-electron chi connectivity index (χ0n) is 12.1. The van der Waals surface area contributed by atoms with Crippen LogP contribution >= 0.6 is 15.9 Å². The summed E-state index contributed by atoms with van der Waals surface area (Å²) in [4.78, 5) is 7.36. The number of hydrogen-bond acceptors (Lipinski definition) is 4. The van der Waals surface area contributed by atoms with Crippen molar-refractivity contribution in [2.75, 3.05) is 31.5 Å². The third kappa shape index (κ3) is 2.51. The third-order valence-electron chi connectivity index (χ3n) is 4.04. The van der Waals surface area contributed by atoms with Crippen LogP contribution in [0.3, 0.4) is 0 Å². The van der Waals surface area contributed by atoms with Crippen molar-refractivity contribution in [1.29, 1.82) is 0 Å². The second-order valence-corrected chi connectivity index (χ2v) is 6.42. The summed E-state index contributed by atoms with van der Waals surface area (Å²) in [5, 5.41) is 6.92. The lowest BCUT2D eigenvalue weighted by atomic mass is 10.1. The number of anilines is 2. The van der Waals surface area contributed by atoms with E-state index in [9.17, 15) is 0 Å². The van der Waals surface area contributed by atoms with E-state index < -0.39 is 0 Å². The maximum absolute atomic E-state index is 4.99. The van der Waals surface area contributed by atoms with E-state index in [1.54, 1.807) is 0 Å². The van der Waals surface area contributed by atoms with Crippen LogP contribution in [0, 0.1) is 0 Å². The molecule has 0 saturated carbocycles. The Balaban J connectivity index is 1.88. The molecule has 4 rings (SSSR count). The minimum Gasteiger partial charge on any atom is -0.353 e. The van der Waals surface area contributed by atoms with Crippen LogP contribution in [-0.2, 0) is 0 Å². The minimum atomic E-state index is 0.971. The molecule has 2 aromatic rings. The Morgan fingerprint density at radius 3 is 2.68 bits per heavy atom. The molecule has 2 heterocycles. The number of aliphatic imine (C=N–C) groups is 1. The molecular formula is C17H17BrN4. The summed E-state index contributed by atoms with van der Waals surface area (Å²) in [5.74, 6) is 1.06. The van der Waals surface area contributed by atoms with Gasteiger partial charge in [-0.25, -0.2) is 4.99 Å². The van der Waals surface area contributed by atoms with Gasteiger partial charge in [0, 0.05) is 41.9 Å². The predicted octanol–water partition coefficient (Wildman–Crippen LogP) is 3.49. The molecule has 2 aliphatic heterocycles. The molecule has 0 radical (unpaired) electrons. The van der Waals surface area contributed by atoms with Crippen molar-refractivity contribution in [2.45, 2.75) is 0 Å². The highest BCUT2D eigenvalue weighted by Gasteiger charge is 2.22. The molecule has 0 aliphatic carbocycles. The fraction of sp³-hybridized carbons (Fsp3) is 0.235. The van der Waals surface area contributed by atoms with E-state index in [-0.39, 0.29) is 0 Å². The van der Waals surface area contributed by atoms with Gasteiger partial charge in [-0.1, -0.05) is 28.1 Å². The molecule has 1 saturated heterocycles. The number of rotatable bonds is 0. The van der Waals surface area contributed by atoms with Crippen molar-refractivity contribution in [3.8, 4) is 0 Å². The minimum absolute atomic E-state index is 0.971. The van der Waals surface area contributed by atoms with Crippen molar-refractivity contribution in [1.82, 2.24) is 10.2 Å². The summed E-state index contributed by atoms with van der Waals surface area (Å²) in [7, 11) is 0.